The van der Waals surface area contributed by atoms with Gasteiger partial charge in [-0.25, -0.2) is 9.78 Å². The highest BCUT2D eigenvalue weighted by Crippen LogP contribution is 2.67. The van der Waals surface area contributed by atoms with E-state index < -0.39 is 0 Å². The average molecular weight is 290 g/mol. The first-order valence-corrected chi connectivity index (χ1v) is 7.82. The third-order valence-corrected chi connectivity index (χ3v) is 6.15. The summed E-state index contributed by atoms with van der Waals surface area (Å²) >= 11 is 0. The Hall–Kier alpha value is -1.52. The van der Waals surface area contributed by atoms with Crippen LogP contribution >= 0.6 is 0 Å². The maximum atomic E-state index is 12.1. The number of hydrogen-bond donors (Lipinski definition) is 2. The molecule has 2 atom stereocenters. The van der Waals surface area contributed by atoms with Crippen LogP contribution in [0.3, 0.4) is 0 Å². The molecule has 5 nitrogen and oxygen atoms in total. The SMILES string of the molecule is CC1CC(NC(=O)NCC2C(C)(C)C2(C)C)c2nccn21. The summed E-state index contributed by atoms with van der Waals surface area (Å²) in [6.07, 6.45) is 4.69. The van der Waals surface area contributed by atoms with Crippen LogP contribution in [0.5, 0.6) is 0 Å². The summed E-state index contributed by atoms with van der Waals surface area (Å²) < 4.78 is 2.14. The lowest BCUT2D eigenvalue weighted by Gasteiger charge is -2.13. The summed E-state index contributed by atoms with van der Waals surface area (Å²) in [6.45, 7) is 12.0. The van der Waals surface area contributed by atoms with Crippen LogP contribution in [0.1, 0.15) is 58.9 Å². The number of carbonyl (C=O) groups is 1. The molecule has 1 aromatic heterocycles. The molecule has 5 heteroatoms. The minimum absolute atomic E-state index is 0.0234. The van der Waals surface area contributed by atoms with Gasteiger partial charge in [0.2, 0.25) is 0 Å². The van der Waals surface area contributed by atoms with Crippen molar-refractivity contribution in [2.45, 2.75) is 53.1 Å². The Morgan fingerprint density at radius 2 is 2.05 bits per heavy atom. The van der Waals surface area contributed by atoms with Crippen LogP contribution in [0.25, 0.3) is 0 Å². The van der Waals surface area contributed by atoms with E-state index in [1.54, 1.807) is 6.20 Å². The van der Waals surface area contributed by atoms with Crippen molar-refractivity contribution in [2.75, 3.05) is 6.54 Å². The van der Waals surface area contributed by atoms with E-state index in [4.69, 9.17) is 0 Å². The van der Waals surface area contributed by atoms with Crippen molar-refractivity contribution in [3.8, 4) is 0 Å². The van der Waals surface area contributed by atoms with Crippen molar-refractivity contribution < 1.29 is 4.79 Å². The molecule has 2 N–H and O–H groups in total. The Balaban J connectivity index is 1.53. The van der Waals surface area contributed by atoms with Crippen LogP contribution in [0.4, 0.5) is 4.79 Å². The highest BCUT2D eigenvalue weighted by Gasteiger charge is 2.64. The first kappa shape index (κ1) is 14.4. The molecule has 116 valence electrons. The van der Waals surface area contributed by atoms with Gasteiger partial charge >= 0.3 is 6.03 Å². The van der Waals surface area contributed by atoms with Gasteiger partial charge in [0, 0.05) is 25.0 Å². The van der Waals surface area contributed by atoms with E-state index in [-0.39, 0.29) is 12.1 Å². The van der Waals surface area contributed by atoms with E-state index in [1.807, 2.05) is 6.20 Å². The minimum Gasteiger partial charge on any atom is -0.338 e. The van der Waals surface area contributed by atoms with Crippen LogP contribution in [0.15, 0.2) is 12.4 Å². The molecule has 21 heavy (non-hydrogen) atoms. The van der Waals surface area contributed by atoms with Gasteiger partial charge in [-0.3, -0.25) is 0 Å². The maximum Gasteiger partial charge on any atom is 0.315 e. The third kappa shape index (κ3) is 2.14. The van der Waals surface area contributed by atoms with Crippen LogP contribution in [-0.2, 0) is 0 Å². The number of carbonyl (C=O) groups excluding carboxylic acids is 1. The van der Waals surface area contributed by atoms with Crippen molar-refractivity contribution in [3.63, 3.8) is 0 Å². The molecular weight excluding hydrogens is 264 g/mol. The molecule has 0 bridgehead atoms. The molecule has 2 heterocycles. The summed E-state index contributed by atoms with van der Waals surface area (Å²) in [5, 5.41) is 6.09. The maximum absolute atomic E-state index is 12.1. The van der Waals surface area contributed by atoms with Gasteiger partial charge in [0.25, 0.3) is 0 Å². The molecule has 0 spiro atoms. The highest BCUT2D eigenvalue weighted by atomic mass is 16.2. The lowest BCUT2D eigenvalue weighted by molar-refractivity contribution is 0.235. The Morgan fingerprint density at radius 1 is 1.38 bits per heavy atom. The van der Waals surface area contributed by atoms with Gasteiger partial charge < -0.3 is 15.2 Å². The number of urea groups is 1. The smallest absolute Gasteiger partial charge is 0.315 e. The van der Waals surface area contributed by atoms with Crippen molar-refractivity contribution in [2.24, 2.45) is 16.7 Å². The van der Waals surface area contributed by atoms with Gasteiger partial charge in [-0.15, -0.1) is 0 Å². The quantitative estimate of drug-likeness (QED) is 0.899. The number of rotatable bonds is 3. The molecule has 1 aliphatic heterocycles. The number of imidazole rings is 1. The fourth-order valence-corrected chi connectivity index (χ4v) is 3.90. The summed E-state index contributed by atoms with van der Waals surface area (Å²) in [4.78, 5) is 16.5. The lowest BCUT2D eigenvalue weighted by atomic mass is 10.0. The van der Waals surface area contributed by atoms with Crippen molar-refractivity contribution >= 4 is 6.03 Å². The van der Waals surface area contributed by atoms with E-state index in [1.165, 1.54) is 0 Å². The van der Waals surface area contributed by atoms with Gasteiger partial charge in [0.15, 0.2) is 0 Å². The molecule has 2 amide bonds. The Kier molecular flexibility index (Phi) is 3.08. The zero-order valence-corrected chi connectivity index (χ0v) is 13.6. The van der Waals surface area contributed by atoms with E-state index in [9.17, 15) is 4.79 Å². The zero-order chi connectivity index (χ0) is 15.4. The van der Waals surface area contributed by atoms with Crippen molar-refractivity contribution in [3.05, 3.63) is 18.2 Å². The van der Waals surface area contributed by atoms with E-state index in [2.05, 4.69) is 54.8 Å². The predicted molar refractivity (Wildman–Crippen MR) is 81.9 cm³/mol. The molecule has 0 aromatic carbocycles. The Bertz CT molecular complexity index is 546. The predicted octanol–water partition coefficient (Wildman–Crippen LogP) is 2.87. The van der Waals surface area contributed by atoms with E-state index in [0.29, 0.717) is 22.8 Å². The first-order chi connectivity index (χ1) is 9.75. The van der Waals surface area contributed by atoms with Gasteiger partial charge in [-0.1, -0.05) is 27.7 Å². The third-order valence-electron chi connectivity index (χ3n) is 6.15. The van der Waals surface area contributed by atoms with Crippen LogP contribution in [0.2, 0.25) is 0 Å². The molecule has 0 saturated heterocycles. The summed E-state index contributed by atoms with van der Waals surface area (Å²) in [5.41, 5.74) is 0.608. The second-order valence-electron chi connectivity index (χ2n) is 7.68. The van der Waals surface area contributed by atoms with E-state index >= 15 is 0 Å². The second kappa shape index (κ2) is 4.49. The molecular formula is C16H26N4O. The molecule has 1 aliphatic carbocycles. The largest absolute Gasteiger partial charge is 0.338 e. The lowest BCUT2D eigenvalue weighted by Crippen LogP contribution is -2.39. The molecule has 0 radical (unpaired) electrons. The Labute approximate surface area is 126 Å². The number of amides is 2. The first-order valence-electron chi connectivity index (χ1n) is 7.82. The molecule has 3 rings (SSSR count). The number of aromatic nitrogens is 2. The number of nitrogens with one attached hydrogen (secondary N) is 2. The van der Waals surface area contributed by atoms with Crippen molar-refractivity contribution in [1.82, 2.24) is 20.2 Å². The van der Waals surface area contributed by atoms with Gasteiger partial charge in [0.1, 0.15) is 5.82 Å². The summed E-state index contributed by atoms with van der Waals surface area (Å²) in [7, 11) is 0. The second-order valence-corrected chi connectivity index (χ2v) is 7.68. The number of nitrogens with zero attached hydrogens (tertiary/aromatic N) is 2. The van der Waals surface area contributed by atoms with E-state index in [0.717, 1.165) is 18.8 Å². The fraction of sp³-hybridized carbons (Fsp3) is 0.750. The number of fused-ring (bicyclic) bond motifs is 1. The molecule has 2 unspecified atom stereocenters. The normalized spacial score (nSPS) is 29.0. The van der Waals surface area contributed by atoms with Crippen LogP contribution in [0, 0.1) is 16.7 Å². The average Bonchev–Trinajstić information content (AvgIpc) is 2.82. The fourth-order valence-electron chi connectivity index (χ4n) is 3.90. The molecule has 2 aliphatic rings. The molecule has 1 fully saturated rings. The van der Waals surface area contributed by atoms with Gasteiger partial charge in [-0.2, -0.15) is 0 Å². The highest BCUT2D eigenvalue weighted by molar-refractivity contribution is 5.74. The number of hydrogen-bond acceptors (Lipinski definition) is 2. The topological polar surface area (TPSA) is 59.0 Å². The van der Waals surface area contributed by atoms with Gasteiger partial charge in [0.05, 0.1) is 6.04 Å². The summed E-state index contributed by atoms with van der Waals surface area (Å²) in [6, 6.07) is 0.339. The Morgan fingerprint density at radius 3 is 2.67 bits per heavy atom. The zero-order valence-electron chi connectivity index (χ0n) is 13.6. The standard InChI is InChI=1S/C16H26N4O/c1-10-8-11(13-17-6-7-20(10)13)19-14(21)18-9-12-15(2,3)16(12,4)5/h6-7,10-12H,8-9H2,1-5H3,(H2,18,19,21). The van der Waals surface area contributed by atoms with Crippen LogP contribution < -0.4 is 10.6 Å². The van der Waals surface area contributed by atoms with Gasteiger partial charge in [-0.05, 0) is 30.1 Å². The molecule has 1 aromatic rings. The minimum atomic E-state index is -0.0813. The summed E-state index contributed by atoms with van der Waals surface area (Å²) in [5.74, 6) is 1.50. The monoisotopic (exact) mass is 290 g/mol. The van der Waals surface area contributed by atoms with Crippen LogP contribution in [-0.4, -0.2) is 22.1 Å². The van der Waals surface area contributed by atoms with Crippen molar-refractivity contribution in [1.29, 1.82) is 0 Å². The molecule has 1 saturated carbocycles.